The first kappa shape index (κ1) is 13.1. The zero-order chi connectivity index (χ0) is 13.8. The third-order valence-corrected chi connectivity index (χ3v) is 2.98. The Bertz CT molecular complexity index is 623. The van der Waals surface area contributed by atoms with Crippen LogP contribution in [0.4, 0.5) is 0 Å². The monoisotopic (exact) mass is 260 g/mol. The van der Waals surface area contributed by atoms with Crippen LogP contribution >= 0.6 is 0 Å². The molecule has 0 atom stereocenters. The van der Waals surface area contributed by atoms with Gasteiger partial charge in [-0.25, -0.2) is 4.79 Å². The fourth-order valence-corrected chi connectivity index (χ4v) is 1.84. The number of methoxy groups -OCH3 is 1. The number of hydrogen-bond donors (Lipinski definition) is 0. The van der Waals surface area contributed by atoms with Crippen molar-refractivity contribution in [2.24, 2.45) is 0 Å². The second-order valence-electron chi connectivity index (χ2n) is 4.15. The molecule has 0 fully saturated rings. The molecule has 0 bridgehead atoms. The number of ether oxygens (including phenoxy) is 1. The standard InChI is InChI=1S/C14H16N2O3/c1-3-15-8-9-16(14(15)18)10-13(17)11-4-6-12(19-2)7-5-11/h4-9H,3,10H2,1-2H3. The molecule has 0 saturated carbocycles. The molecule has 0 spiro atoms. The van der Waals surface area contributed by atoms with Gasteiger partial charge in [-0.05, 0) is 31.2 Å². The van der Waals surface area contributed by atoms with E-state index in [-0.39, 0.29) is 18.0 Å². The van der Waals surface area contributed by atoms with Crippen molar-refractivity contribution in [1.82, 2.24) is 9.13 Å². The zero-order valence-corrected chi connectivity index (χ0v) is 11.0. The molecule has 5 nitrogen and oxygen atoms in total. The van der Waals surface area contributed by atoms with Crippen molar-refractivity contribution >= 4 is 5.78 Å². The van der Waals surface area contributed by atoms with Crippen LogP contribution in [0.3, 0.4) is 0 Å². The number of aromatic nitrogens is 2. The fraction of sp³-hybridized carbons (Fsp3) is 0.286. The van der Waals surface area contributed by atoms with Gasteiger partial charge >= 0.3 is 5.69 Å². The van der Waals surface area contributed by atoms with Gasteiger partial charge in [-0.15, -0.1) is 0 Å². The Balaban J connectivity index is 2.15. The molecule has 0 amide bonds. The predicted octanol–water partition coefficient (Wildman–Crippen LogP) is 1.56. The van der Waals surface area contributed by atoms with Crippen molar-refractivity contribution in [3.63, 3.8) is 0 Å². The summed E-state index contributed by atoms with van der Waals surface area (Å²) in [5.41, 5.74) is 0.404. The molecule has 2 rings (SSSR count). The number of carbonyl (C=O) groups excluding carboxylic acids is 1. The molecule has 100 valence electrons. The Labute approximate surface area is 111 Å². The van der Waals surface area contributed by atoms with Crippen molar-refractivity contribution in [2.45, 2.75) is 20.0 Å². The molecule has 0 aliphatic heterocycles. The molecule has 1 aromatic carbocycles. The van der Waals surface area contributed by atoms with Crippen molar-refractivity contribution in [1.29, 1.82) is 0 Å². The number of Topliss-reactive ketones (excluding diaryl/α,β-unsaturated/α-hetero) is 1. The molecule has 0 saturated heterocycles. The van der Waals surface area contributed by atoms with E-state index >= 15 is 0 Å². The van der Waals surface area contributed by atoms with Crippen LogP contribution in [-0.4, -0.2) is 22.0 Å². The first-order valence-corrected chi connectivity index (χ1v) is 6.08. The van der Waals surface area contributed by atoms with Gasteiger partial charge in [0, 0.05) is 24.5 Å². The number of benzene rings is 1. The summed E-state index contributed by atoms with van der Waals surface area (Å²) in [5, 5.41) is 0. The van der Waals surface area contributed by atoms with Crippen LogP contribution in [0.15, 0.2) is 41.5 Å². The van der Waals surface area contributed by atoms with Gasteiger partial charge in [0.05, 0.1) is 13.7 Å². The molecule has 1 heterocycles. The third kappa shape index (κ3) is 2.76. The quantitative estimate of drug-likeness (QED) is 0.767. The fourth-order valence-electron chi connectivity index (χ4n) is 1.84. The number of carbonyl (C=O) groups is 1. The molecule has 0 unspecified atom stereocenters. The van der Waals surface area contributed by atoms with E-state index in [1.54, 1.807) is 48.3 Å². The topological polar surface area (TPSA) is 53.2 Å². The first-order valence-electron chi connectivity index (χ1n) is 6.08. The first-order chi connectivity index (χ1) is 9.15. The Morgan fingerprint density at radius 1 is 1.16 bits per heavy atom. The molecule has 19 heavy (non-hydrogen) atoms. The lowest BCUT2D eigenvalue weighted by Crippen LogP contribution is -2.26. The third-order valence-electron chi connectivity index (χ3n) is 2.98. The van der Waals surface area contributed by atoms with Crippen molar-refractivity contribution < 1.29 is 9.53 Å². The highest BCUT2D eigenvalue weighted by Gasteiger charge is 2.09. The number of aryl methyl sites for hydroxylation is 1. The predicted molar refractivity (Wildman–Crippen MR) is 71.7 cm³/mol. The summed E-state index contributed by atoms with van der Waals surface area (Å²) in [6.45, 7) is 2.54. The summed E-state index contributed by atoms with van der Waals surface area (Å²) < 4.78 is 8.00. The summed E-state index contributed by atoms with van der Waals surface area (Å²) in [6.07, 6.45) is 3.32. The van der Waals surface area contributed by atoms with Crippen LogP contribution in [0.5, 0.6) is 5.75 Å². The minimum Gasteiger partial charge on any atom is -0.497 e. The maximum atomic E-state index is 12.1. The van der Waals surface area contributed by atoms with Crippen molar-refractivity contribution in [3.8, 4) is 5.75 Å². The number of imidazole rings is 1. The average Bonchev–Trinajstić information content (AvgIpc) is 2.79. The average molecular weight is 260 g/mol. The van der Waals surface area contributed by atoms with Gasteiger partial charge in [0.1, 0.15) is 5.75 Å². The zero-order valence-electron chi connectivity index (χ0n) is 11.0. The minimum atomic E-state index is -0.163. The van der Waals surface area contributed by atoms with Crippen LogP contribution < -0.4 is 10.4 Å². The Morgan fingerprint density at radius 2 is 1.79 bits per heavy atom. The molecule has 2 aromatic rings. The summed E-state index contributed by atoms with van der Waals surface area (Å²) in [6, 6.07) is 6.85. The molecule has 0 N–H and O–H groups in total. The highest BCUT2D eigenvalue weighted by atomic mass is 16.5. The molecule has 1 aromatic heterocycles. The normalized spacial score (nSPS) is 10.4. The minimum absolute atomic E-state index is 0.0537. The lowest BCUT2D eigenvalue weighted by Gasteiger charge is -2.03. The number of hydrogen-bond acceptors (Lipinski definition) is 3. The highest BCUT2D eigenvalue weighted by Crippen LogP contribution is 2.12. The Kier molecular flexibility index (Phi) is 3.85. The van der Waals surface area contributed by atoms with Gasteiger partial charge in [0.15, 0.2) is 5.78 Å². The lowest BCUT2D eigenvalue weighted by atomic mass is 10.1. The van der Waals surface area contributed by atoms with Crippen molar-refractivity contribution in [3.05, 3.63) is 52.7 Å². The largest absolute Gasteiger partial charge is 0.497 e. The van der Waals surface area contributed by atoms with Gasteiger partial charge in [-0.1, -0.05) is 0 Å². The molecule has 5 heteroatoms. The van der Waals surface area contributed by atoms with E-state index in [0.29, 0.717) is 17.9 Å². The summed E-state index contributed by atoms with van der Waals surface area (Å²) in [5.74, 6) is 0.601. The van der Waals surface area contributed by atoms with Gasteiger partial charge in [0.25, 0.3) is 0 Å². The van der Waals surface area contributed by atoms with E-state index in [1.807, 2.05) is 6.92 Å². The van der Waals surface area contributed by atoms with E-state index in [2.05, 4.69) is 0 Å². The van der Waals surface area contributed by atoms with E-state index in [0.717, 1.165) is 0 Å². The van der Waals surface area contributed by atoms with Gasteiger partial charge < -0.3 is 4.74 Å². The summed E-state index contributed by atoms with van der Waals surface area (Å²) >= 11 is 0. The highest BCUT2D eigenvalue weighted by molar-refractivity contribution is 5.95. The van der Waals surface area contributed by atoms with E-state index in [1.165, 1.54) is 4.57 Å². The molecule has 0 aliphatic rings. The smallest absolute Gasteiger partial charge is 0.328 e. The SMILES string of the molecule is CCn1ccn(CC(=O)c2ccc(OC)cc2)c1=O. The van der Waals surface area contributed by atoms with Crippen LogP contribution in [-0.2, 0) is 13.1 Å². The van der Waals surface area contributed by atoms with Crippen LogP contribution in [0.1, 0.15) is 17.3 Å². The number of ketones is 1. The maximum absolute atomic E-state index is 12.1. The Hall–Kier alpha value is -2.30. The Morgan fingerprint density at radius 3 is 2.32 bits per heavy atom. The molecular formula is C14H16N2O3. The van der Waals surface area contributed by atoms with Crippen LogP contribution in [0.25, 0.3) is 0 Å². The lowest BCUT2D eigenvalue weighted by molar-refractivity contribution is 0.0970. The van der Waals surface area contributed by atoms with E-state index < -0.39 is 0 Å². The molecular weight excluding hydrogens is 244 g/mol. The van der Waals surface area contributed by atoms with Crippen LogP contribution in [0, 0.1) is 0 Å². The maximum Gasteiger partial charge on any atom is 0.328 e. The second kappa shape index (κ2) is 5.56. The van der Waals surface area contributed by atoms with E-state index in [9.17, 15) is 9.59 Å². The summed E-state index contributed by atoms with van der Waals surface area (Å²) in [7, 11) is 1.57. The number of rotatable bonds is 5. The van der Waals surface area contributed by atoms with Crippen molar-refractivity contribution in [2.75, 3.05) is 7.11 Å². The van der Waals surface area contributed by atoms with Crippen LogP contribution in [0.2, 0.25) is 0 Å². The van der Waals surface area contributed by atoms with Gasteiger partial charge in [-0.3, -0.25) is 13.9 Å². The number of nitrogens with zero attached hydrogens (tertiary/aromatic N) is 2. The van der Waals surface area contributed by atoms with Gasteiger partial charge in [-0.2, -0.15) is 0 Å². The molecule has 0 aliphatic carbocycles. The van der Waals surface area contributed by atoms with E-state index in [4.69, 9.17) is 4.74 Å². The molecule has 0 radical (unpaired) electrons. The second-order valence-corrected chi connectivity index (χ2v) is 4.15. The summed E-state index contributed by atoms with van der Waals surface area (Å²) in [4.78, 5) is 23.9. The van der Waals surface area contributed by atoms with Gasteiger partial charge in [0.2, 0.25) is 0 Å².